The zero-order valence-corrected chi connectivity index (χ0v) is 24.2. The van der Waals surface area contributed by atoms with Crippen LogP contribution in [-0.2, 0) is 14.0 Å². The molecule has 0 aliphatic rings. The number of halogens is 4. The van der Waals surface area contributed by atoms with Gasteiger partial charge in [-0.1, -0.05) is 18.2 Å². The molecule has 0 aliphatic carbocycles. The van der Waals surface area contributed by atoms with Gasteiger partial charge in [0.25, 0.3) is 9.05 Å². The van der Waals surface area contributed by atoms with Crippen molar-refractivity contribution in [2.75, 3.05) is 38.0 Å². The summed E-state index contributed by atoms with van der Waals surface area (Å²) in [7, 11) is 9.39. The zero-order chi connectivity index (χ0) is 20.3. The first-order chi connectivity index (χ1) is 11.9. The normalized spacial score (nSPS) is 10.2. The van der Waals surface area contributed by atoms with E-state index >= 15 is 0 Å². The molecule has 0 fully saturated rings. The topological polar surface area (TPSA) is 40.6 Å². The molecule has 0 unspecified atom stereocenters. The number of nitrogens with zero attached hydrogens (tertiary/aromatic N) is 2. The van der Waals surface area contributed by atoms with Crippen LogP contribution in [0.5, 0.6) is 0 Å². The third-order valence-corrected chi connectivity index (χ3v) is 4.28. The molecule has 2 aromatic carbocycles. The van der Waals surface area contributed by atoms with Gasteiger partial charge in [-0.25, -0.2) is 8.42 Å². The molecule has 0 aliphatic heterocycles. The van der Waals surface area contributed by atoms with Crippen molar-refractivity contribution in [2.24, 2.45) is 0 Å². The van der Waals surface area contributed by atoms with Gasteiger partial charge in [0.15, 0.2) is 0 Å². The van der Waals surface area contributed by atoms with Crippen molar-refractivity contribution in [2.45, 2.75) is 4.90 Å². The van der Waals surface area contributed by atoms with E-state index in [1.165, 1.54) is 17.8 Å². The van der Waals surface area contributed by atoms with Gasteiger partial charge in [-0.3, -0.25) is 0 Å². The van der Waals surface area contributed by atoms with Crippen molar-refractivity contribution >= 4 is 91.0 Å². The van der Waals surface area contributed by atoms with Crippen LogP contribution < -0.4 is 9.80 Å². The van der Waals surface area contributed by atoms with E-state index in [2.05, 4.69) is 77.0 Å². The molecular formula is C16H21ClI3N2O2SV. The molecule has 0 amide bonds. The maximum atomic E-state index is 10.9. The van der Waals surface area contributed by atoms with Crippen molar-refractivity contribution in [1.82, 2.24) is 0 Å². The van der Waals surface area contributed by atoms with Crippen molar-refractivity contribution in [3.63, 3.8) is 0 Å². The van der Waals surface area contributed by atoms with Gasteiger partial charge in [0, 0.05) is 50.2 Å². The summed E-state index contributed by atoms with van der Waals surface area (Å²) in [5, 5.41) is 0. The summed E-state index contributed by atoms with van der Waals surface area (Å²) in [6, 6.07) is 16.6. The summed E-state index contributed by atoms with van der Waals surface area (Å²) in [6.07, 6.45) is 0. The predicted molar refractivity (Wildman–Crippen MR) is 137 cm³/mol. The molecule has 0 saturated carbocycles. The minimum absolute atomic E-state index is 0.125. The SMILES string of the molecule is CN(C)c1ccc(S(=O)(=O)Cl)cc1.CN(C)c1ccccc1.[I][V]([I])[I]. The molecule has 10 heteroatoms. The number of benzene rings is 2. The third kappa shape index (κ3) is 13.3. The Kier molecular flexibility index (Phi) is 14.7. The van der Waals surface area contributed by atoms with Crippen LogP contribution in [0.4, 0.5) is 11.4 Å². The predicted octanol–water partition coefficient (Wildman–Crippen LogP) is 6.09. The second kappa shape index (κ2) is 14.1. The first kappa shape index (κ1) is 27.1. The van der Waals surface area contributed by atoms with Gasteiger partial charge in [0.1, 0.15) is 0 Å². The molecule has 146 valence electrons. The number of rotatable bonds is 3. The minimum atomic E-state index is -3.59. The van der Waals surface area contributed by atoms with Crippen LogP contribution in [-0.4, -0.2) is 36.6 Å². The van der Waals surface area contributed by atoms with Crippen molar-refractivity contribution in [1.29, 1.82) is 0 Å². The van der Waals surface area contributed by atoms with E-state index in [1.807, 2.05) is 51.3 Å². The van der Waals surface area contributed by atoms with Crippen LogP contribution in [0.15, 0.2) is 59.5 Å². The Morgan fingerprint density at radius 2 is 1.12 bits per heavy atom. The monoisotopic (exact) mass is 772 g/mol. The molecule has 4 nitrogen and oxygen atoms in total. The second-order valence-corrected chi connectivity index (χ2v) is 43.2. The molecular weight excluding hydrogens is 751 g/mol. The first-order valence-corrected chi connectivity index (χ1v) is 23.0. The molecule has 2 aromatic rings. The van der Waals surface area contributed by atoms with Crippen LogP contribution >= 0.6 is 70.6 Å². The van der Waals surface area contributed by atoms with Crippen LogP contribution in [0.1, 0.15) is 0 Å². The summed E-state index contributed by atoms with van der Waals surface area (Å²) in [5.74, 6) is 0. The Morgan fingerprint density at radius 3 is 1.38 bits per heavy atom. The van der Waals surface area contributed by atoms with E-state index in [4.69, 9.17) is 10.7 Å². The number of hydrogen-bond acceptors (Lipinski definition) is 4. The number of para-hydroxylation sites is 1. The van der Waals surface area contributed by atoms with Crippen molar-refractivity contribution < 1.29 is 13.3 Å². The summed E-state index contributed by atoms with van der Waals surface area (Å²) in [6.45, 7) is 0. The van der Waals surface area contributed by atoms with Gasteiger partial charge < -0.3 is 9.80 Å². The molecule has 0 bridgehead atoms. The van der Waals surface area contributed by atoms with Crippen LogP contribution in [0.2, 0.25) is 0 Å². The zero-order valence-electron chi connectivity index (χ0n) is 14.8. The van der Waals surface area contributed by atoms with Crippen LogP contribution in [0.3, 0.4) is 0 Å². The van der Waals surface area contributed by atoms with Gasteiger partial charge in [0.05, 0.1) is 4.90 Å². The van der Waals surface area contributed by atoms with Gasteiger partial charge in [-0.15, -0.1) is 0 Å². The fourth-order valence-electron chi connectivity index (χ4n) is 1.63. The fraction of sp³-hybridized carbons (Fsp3) is 0.250. The summed E-state index contributed by atoms with van der Waals surface area (Å²) in [4.78, 5) is 3.81. The van der Waals surface area contributed by atoms with E-state index < -0.39 is 9.05 Å². The summed E-state index contributed by atoms with van der Waals surface area (Å²) in [5.41, 5.74) is 2.18. The summed E-state index contributed by atoms with van der Waals surface area (Å²) >= 11 is 7.39. The molecule has 0 radical (unpaired) electrons. The molecule has 0 N–H and O–H groups in total. The average molecular weight is 773 g/mol. The van der Waals surface area contributed by atoms with Gasteiger partial charge >= 0.3 is 64.9 Å². The van der Waals surface area contributed by atoms with E-state index in [0.29, 0.717) is 0 Å². The molecule has 0 aromatic heterocycles. The number of hydrogen-bond donors (Lipinski definition) is 0. The van der Waals surface area contributed by atoms with E-state index in [1.54, 1.807) is 12.1 Å². The molecule has 0 atom stereocenters. The average Bonchev–Trinajstić information content (AvgIpc) is 2.55. The van der Waals surface area contributed by atoms with Gasteiger partial charge in [0.2, 0.25) is 0 Å². The fourth-order valence-corrected chi connectivity index (χ4v) is 2.40. The van der Waals surface area contributed by atoms with E-state index in [0.717, 1.165) is 5.69 Å². The second-order valence-electron chi connectivity index (χ2n) is 5.25. The Hall–Kier alpha value is 1.05. The van der Waals surface area contributed by atoms with Crippen molar-refractivity contribution in [3.05, 3.63) is 54.6 Å². The molecule has 0 spiro atoms. The molecule has 0 saturated heterocycles. The standard InChI is InChI=1S/C8H10ClNO2S.C8H11N.3HI.V/c1-10(2)7-3-5-8(6-4-7)13(9,11)12;1-9(2)8-6-4-3-5-7-8;;;;/h3-6H,1-2H3;3-7H,1-2H3;3*1H;/q;;;;;+3/p-3. The van der Waals surface area contributed by atoms with Crippen LogP contribution in [0.25, 0.3) is 0 Å². The van der Waals surface area contributed by atoms with Crippen molar-refractivity contribution in [3.8, 4) is 0 Å². The Labute approximate surface area is 199 Å². The van der Waals surface area contributed by atoms with E-state index in [-0.39, 0.29) is 9.82 Å². The number of anilines is 2. The van der Waals surface area contributed by atoms with Crippen LogP contribution in [0, 0.1) is 0 Å². The molecule has 0 heterocycles. The molecule has 26 heavy (non-hydrogen) atoms. The van der Waals surface area contributed by atoms with Gasteiger partial charge in [-0.2, -0.15) is 0 Å². The first-order valence-electron chi connectivity index (χ1n) is 7.17. The Balaban J connectivity index is 0.000000416. The Morgan fingerprint density at radius 1 is 0.769 bits per heavy atom. The maximum absolute atomic E-state index is 10.9. The quantitative estimate of drug-likeness (QED) is 0.280. The molecule has 2 rings (SSSR count). The third-order valence-electron chi connectivity index (χ3n) is 2.91. The Bertz CT molecular complexity index is 728. The van der Waals surface area contributed by atoms with E-state index in [9.17, 15) is 8.42 Å². The summed E-state index contributed by atoms with van der Waals surface area (Å²) < 4.78 is 21.7. The van der Waals surface area contributed by atoms with Gasteiger partial charge in [-0.05, 0) is 36.4 Å².